The molecule has 0 unspecified atom stereocenters. The molecule has 1 aliphatic heterocycles. The van der Waals surface area contributed by atoms with Crippen molar-refractivity contribution in [2.45, 2.75) is 25.6 Å². The molecule has 0 bridgehead atoms. The van der Waals surface area contributed by atoms with Gasteiger partial charge >= 0.3 is 0 Å². The number of β-amino-alcohol motifs (C(OH)–C–C–N with tert-alkyl or cyclic N) is 1. The lowest BCUT2D eigenvalue weighted by Gasteiger charge is -2.19. The molecule has 23 heavy (non-hydrogen) atoms. The van der Waals surface area contributed by atoms with Crippen LogP contribution in [0.3, 0.4) is 0 Å². The van der Waals surface area contributed by atoms with Crippen molar-refractivity contribution in [1.82, 2.24) is 10.2 Å². The number of hydrogen-bond donors (Lipinski definition) is 2. The fourth-order valence-electron chi connectivity index (χ4n) is 3.29. The first-order valence-corrected chi connectivity index (χ1v) is 7.80. The van der Waals surface area contributed by atoms with E-state index >= 15 is 0 Å². The Morgan fingerprint density at radius 1 is 1.30 bits per heavy atom. The summed E-state index contributed by atoms with van der Waals surface area (Å²) in [6, 6.07) is 12.0. The summed E-state index contributed by atoms with van der Waals surface area (Å²) in [6.45, 7) is 3.32. The summed E-state index contributed by atoms with van der Waals surface area (Å²) < 4.78 is 5.52. The second-order valence-corrected chi connectivity index (χ2v) is 6.04. The molecule has 0 spiro atoms. The van der Waals surface area contributed by atoms with Crippen molar-refractivity contribution in [2.75, 3.05) is 20.2 Å². The Kier molecular flexibility index (Phi) is 4.50. The summed E-state index contributed by atoms with van der Waals surface area (Å²) in [5, 5.41) is 15.3. The third kappa shape index (κ3) is 3.30. The number of ether oxygens (including phenoxy) is 1. The van der Waals surface area contributed by atoms with Crippen LogP contribution in [0.2, 0.25) is 0 Å². The Morgan fingerprint density at radius 3 is 2.83 bits per heavy atom. The highest BCUT2D eigenvalue weighted by Gasteiger charge is 2.32. The van der Waals surface area contributed by atoms with E-state index in [1.807, 2.05) is 18.2 Å². The number of nitrogens with one attached hydrogen (secondary N) is 1. The molecule has 1 amide bonds. The van der Waals surface area contributed by atoms with Crippen molar-refractivity contribution in [1.29, 1.82) is 0 Å². The van der Waals surface area contributed by atoms with E-state index in [9.17, 15) is 9.90 Å². The quantitative estimate of drug-likeness (QED) is 0.898. The Hall–Kier alpha value is -2.11. The van der Waals surface area contributed by atoms with Gasteiger partial charge in [-0.25, -0.2) is 0 Å². The lowest BCUT2D eigenvalue weighted by molar-refractivity contribution is -0.120. The van der Waals surface area contributed by atoms with E-state index < -0.39 is 6.10 Å². The van der Waals surface area contributed by atoms with Crippen molar-refractivity contribution >= 4 is 16.7 Å². The highest BCUT2D eigenvalue weighted by molar-refractivity contribution is 5.87. The van der Waals surface area contributed by atoms with Gasteiger partial charge in [0, 0.05) is 32.1 Å². The van der Waals surface area contributed by atoms with Crippen LogP contribution in [0.1, 0.15) is 12.5 Å². The fourth-order valence-corrected chi connectivity index (χ4v) is 3.29. The molecule has 3 rings (SSSR count). The molecule has 2 aromatic carbocycles. The highest BCUT2D eigenvalue weighted by atomic mass is 16.5. The molecule has 2 atom stereocenters. The summed E-state index contributed by atoms with van der Waals surface area (Å²) in [5.41, 5.74) is 1.11. The van der Waals surface area contributed by atoms with E-state index in [2.05, 4.69) is 28.4 Å². The zero-order chi connectivity index (χ0) is 16.4. The number of aliphatic hydroxyl groups is 1. The number of aliphatic hydroxyl groups excluding tert-OH is 1. The van der Waals surface area contributed by atoms with E-state index in [1.165, 1.54) is 12.3 Å². The van der Waals surface area contributed by atoms with Crippen molar-refractivity contribution in [3.63, 3.8) is 0 Å². The molecule has 1 saturated heterocycles. The second kappa shape index (κ2) is 6.56. The van der Waals surface area contributed by atoms with Crippen LogP contribution in [0, 0.1) is 0 Å². The Bertz CT molecular complexity index is 716. The average Bonchev–Trinajstić information content (AvgIpc) is 2.86. The van der Waals surface area contributed by atoms with Gasteiger partial charge < -0.3 is 15.2 Å². The molecule has 2 aromatic rings. The molecule has 2 N–H and O–H groups in total. The largest absolute Gasteiger partial charge is 0.496 e. The zero-order valence-corrected chi connectivity index (χ0v) is 13.5. The number of nitrogens with zero attached hydrogens (tertiary/aromatic N) is 1. The molecule has 0 aromatic heterocycles. The van der Waals surface area contributed by atoms with Gasteiger partial charge in [-0.2, -0.15) is 0 Å². The summed E-state index contributed by atoms with van der Waals surface area (Å²) >= 11 is 0. The van der Waals surface area contributed by atoms with Crippen LogP contribution in [0.4, 0.5) is 0 Å². The van der Waals surface area contributed by atoms with Crippen LogP contribution in [-0.4, -0.2) is 48.3 Å². The zero-order valence-electron chi connectivity index (χ0n) is 13.5. The van der Waals surface area contributed by atoms with Crippen molar-refractivity contribution in [3.8, 4) is 5.75 Å². The monoisotopic (exact) mass is 314 g/mol. The topological polar surface area (TPSA) is 61.8 Å². The highest BCUT2D eigenvalue weighted by Crippen LogP contribution is 2.30. The van der Waals surface area contributed by atoms with E-state index in [4.69, 9.17) is 4.74 Å². The number of carbonyl (C=O) groups excluding carboxylic acids is 1. The number of likely N-dealkylation sites (tertiary alicyclic amines) is 1. The average molecular weight is 314 g/mol. The van der Waals surface area contributed by atoms with Crippen molar-refractivity contribution in [2.24, 2.45) is 0 Å². The normalized spacial score (nSPS) is 21.5. The summed E-state index contributed by atoms with van der Waals surface area (Å²) in [4.78, 5) is 13.4. The third-order valence-corrected chi connectivity index (χ3v) is 4.35. The number of benzene rings is 2. The maximum atomic E-state index is 11.2. The predicted molar refractivity (Wildman–Crippen MR) is 89.4 cm³/mol. The van der Waals surface area contributed by atoms with Gasteiger partial charge in [0.2, 0.25) is 5.91 Å². The Morgan fingerprint density at radius 2 is 2.09 bits per heavy atom. The lowest BCUT2D eigenvalue weighted by Crippen LogP contribution is -2.41. The molecule has 1 aliphatic rings. The fraction of sp³-hybridized carbons (Fsp3) is 0.389. The molecule has 0 radical (unpaired) electrons. The van der Waals surface area contributed by atoms with E-state index in [0.29, 0.717) is 19.6 Å². The molecule has 5 nitrogen and oxygen atoms in total. The van der Waals surface area contributed by atoms with E-state index in [1.54, 1.807) is 7.11 Å². The van der Waals surface area contributed by atoms with E-state index in [0.717, 1.165) is 16.7 Å². The van der Waals surface area contributed by atoms with Crippen LogP contribution >= 0.6 is 0 Å². The molecular weight excluding hydrogens is 292 g/mol. The standard InChI is InChI=1S/C18H22N2O3/c1-12(21)19-16-10-20(11-17(16)22)9-15-14-6-4-3-5-13(14)7-8-18(15)23-2/h3-8,16-17,22H,9-11H2,1-2H3,(H,19,21)/t16-,17-/m1/s1. The maximum Gasteiger partial charge on any atom is 0.217 e. The van der Waals surface area contributed by atoms with Gasteiger partial charge in [0.15, 0.2) is 0 Å². The smallest absolute Gasteiger partial charge is 0.217 e. The van der Waals surface area contributed by atoms with Gasteiger partial charge in [0.25, 0.3) is 0 Å². The SMILES string of the molecule is COc1ccc2ccccc2c1CN1C[C@@H](O)[C@H](NC(C)=O)C1. The number of hydrogen-bond acceptors (Lipinski definition) is 4. The van der Waals surface area contributed by atoms with Gasteiger partial charge in [0.05, 0.1) is 19.3 Å². The molecule has 0 saturated carbocycles. The molecule has 122 valence electrons. The molecule has 1 heterocycles. The van der Waals surface area contributed by atoms with Gasteiger partial charge in [-0.15, -0.1) is 0 Å². The minimum atomic E-state index is -0.542. The third-order valence-electron chi connectivity index (χ3n) is 4.35. The number of methoxy groups -OCH3 is 1. The van der Waals surface area contributed by atoms with Crippen LogP contribution in [0.5, 0.6) is 5.75 Å². The summed E-state index contributed by atoms with van der Waals surface area (Å²) in [5.74, 6) is 0.736. The first-order chi connectivity index (χ1) is 11.1. The van der Waals surface area contributed by atoms with Crippen LogP contribution in [0.25, 0.3) is 10.8 Å². The Balaban J connectivity index is 1.85. The minimum Gasteiger partial charge on any atom is -0.496 e. The molecule has 0 aliphatic carbocycles. The lowest BCUT2D eigenvalue weighted by atomic mass is 10.0. The summed E-state index contributed by atoms with van der Waals surface area (Å²) in [6.07, 6.45) is -0.542. The molecule has 1 fully saturated rings. The number of carbonyl (C=O) groups is 1. The number of amides is 1. The second-order valence-electron chi connectivity index (χ2n) is 6.04. The molecular formula is C18H22N2O3. The van der Waals surface area contributed by atoms with Crippen molar-refractivity contribution in [3.05, 3.63) is 42.0 Å². The van der Waals surface area contributed by atoms with E-state index in [-0.39, 0.29) is 11.9 Å². The number of fused-ring (bicyclic) bond motifs is 1. The van der Waals surface area contributed by atoms with Gasteiger partial charge in [-0.05, 0) is 16.8 Å². The van der Waals surface area contributed by atoms with Crippen LogP contribution in [-0.2, 0) is 11.3 Å². The predicted octanol–water partition coefficient (Wildman–Crippen LogP) is 1.53. The maximum absolute atomic E-state index is 11.2. The van der Waals surface area contributed by atoms with Gasteiger partial charge in [-0.1, -0.05) is 30.3 Å². The van der Waals surface area contributed by atoms with Crippen LogP contribution < -0.4 is 10.1 Å². The van der Waals surface area contributed by atoms with Gasteiger partial charge in [-0.3, -0.25) is 9.69 Å². The number of rotatable bonds is 4. The first-order valence-electron chi connectivity index (χ1n) is 7.80. The Labute approximate surface area is 135 Å². The summed E-state index contributed by atoms with van der Waals surface area (Å²) in [7, 11) is 1.67. The van der Waals surface area contributed by atoms with Crippen LogP contribution in [0.15, 0.2) is 36.4 Å². The first kappa shape index (κ1) is 15.8. The van der Waals surface area contributed by atoms with Gasteiger partial charge in [0.1, 0.15) is 5.75 Å². The minimum absolute atomic E-state index is 0.112. The molecule has 5 heteroatoms. The van der Waals surface area contributed by atoms with Crippen molar-refractivity contribution < 1.29 is 14.6 Å².